The molecule has 0 radical (unpaired) electrons. The van der Waals surface area contributed by atoms with Crippen LogP contribution >= 0.6 is 0 Å². The number of hydroxylamine groups is 1. The van der Waals surface area contributed by atoms with E-state index >= 15 is 0 Å². The van der Waals surface area contributed by atoms with Crippen LogP contribution in [0.25, 0.3) is 12.2 Å². The van der Waals surface area contributed by atoms with Gasteiger partial charge in [0.25, 0.3) is 5.91 Å². The number of nitrogens with one attached hydrogen (secondary N) is 2. The molecule has 1 heterocycles. The van der Waals surface area contributed by atoms with Crippen LogP contribution in [0.4, 0.5) is 5.69 Å². The number of benzene rings is 3. The van der Waals surface area contributed by atoms with E-state index in [4.69, 9.17) is 4.84 Å². The van der Waals surface area contributed by atoms with Crippen molar-refractivity contribution in [1.82, 2.24) is 10.5 Å². The molecule has 4 aromatic rings. The summed E-state index contributed by atoms with van der Waals surface area (Å²) in [4.78, 5) is 22.4. The lowest BCUT2D eigenvalue weighted by atomic mass is 10.1. The molecule has 0 bridgehead atoms. The van der Waals surface area contributed by atoms with Crippen molar-refractivity contribution in [2.45, 2.75) is 13.2 Å². The van der Waals surface area contributed by atoms with Gasteiger partial charge in [0, 0.05) is 24.6 Å². The molecule has 33 heavy (non-hydrogen) atoms. The van der Waals surface area contributed by atoms with Crippen LogP contribution in [0.1, 0.15) is 32.6 Å². The maximum absolute atomic E-state index is 12.8. The third kappa shape index (κ3) is 6.38. The molecule has 5 heteroatoms. The summed E-state index contributed by atoms with van der Waals surface area (Å²) >= 11 is 0. The molecule has 0 aliphatic heterocycles. The number of pyridine rings is 1. The second-order valence-corrected chi connectivity index (χ2v) is 7.42. The quantitative estimate of drug-likeness (QED) is 0.260. The molecule has 0 saturated carbocycles. The summed E-state index contributed by atoms with van der Waals surface area (Å²) in [5.41, 5.74) is 8.05. The van der Waals surface area contributed by atoms with E-state index in [0.717, 1.165) is 27.9 Å². The average molecular weight is 436 g/mol. The first-order valence-electron chi connectivity index (χ1n) is 10.7. The van der Waals surface area contributed by atoms with E-state index in [1.54, 1.807) is 18.5 Å². The van der Waals surface area contributed by atoms with Crippen LogP contribution in [0.3, 0.4) is 0 Å². The van der Waals surface area contributed by atoms with Gasteiger partial charge >= 0.3 is 0 Å². The predicted molar refractivity (Wildman–Crippen MR) is 132 cm³/mol. The fraction of sp³-hybridized carbons (Fsp3) is 0.0714. The molecule has 0 atom stereocenters. The molecule has 4 rings (SSSR count). The Labute approximate surface area is 193 Å². The number of para-hydroxylation sites is 1. The van der Waals surface area contributed by atoms with Gasteiger partial charge in [-0.25, -0.2) is 5.48 Å². The molecule has 0 fully saturated rings. The highest BCUT2D eigenvalue weighted by Gasteiger charge is 2.11. The van der Waals surface area contributed by atoms with Crippen molar-refractivity contribution in [2.24, 2.45) is 0 Å². The molecular weight excluding hydrogens is 410 g/mol. The minimum atomic E-state index is -0.301. The van der Waals surface area contributed by atoms with E-state index in [0.29, 0.717) is 12.1 Å². The second-order valence-electron chi connectivity index (χ2n) is 7.42. The number of rotatable bonds is 9. The summed E-state index contributed by atoms with van der Waals surface area (Å²) in [7, 11) is 0. The molecule has 0 spiro atoms. The van der Waals surface area contributed by atoms with Crippen LogP contribution in [0.2, 0.25) is 0 Å². The second kappa shape index (κ2) is 11.4. The molecule has 0 aliphatic rings. The third-order valence-corrected chi connectivity index (χ3v) is 5.11. The summed E-state index contributed by atoms with van der Waals surface area (Å²) in [5, 5.41) is 3.31. The smallest absolute Gasteiger partial charge is 0.276 e. The van der Waals surface area contributed by atoms with E-state index in [1.165, 1.54) is 0 Å². The Balaban J connectivity index is 1.36. The third-order valence-electron chi connectivity index (χ3n) is 5.11. The van der Waals surface area contributed by atoms with E-state index in [-0.39, 0.29) is 12.5 Å². The largest absolute Gasteiger partial charge is 0.380 e. The van der Waals surface area contributed by atoms with Gasteiger partial charge in [-0.1, -0.05) is 78.9 Å². The van der Waals surface area contributed by atoms with Crippen molar-refractivity contribution < 1.29 is 9.63 Å². The standard InChI is InChI=1S/C28H25N3O2/c32-28(26-12-6-7-13-27(26)30-20-23-16-18-29-19-17-23)31-33-21-25-11-5-4-10-24(25)15-14-22-8-2-1-3-9-22/h1-19,30H,20-21H2,(H,31,32). The van der Waals surface area contributed by atoms with Crippen LogP contribution in [-0.4, -0.2) is 10.9 Å². The zero-order chi connectivity index (χ0) is 22.7. The Morgan fingerprint density at radius 1 is 0.818 bits per heavy atom. The fourth-order valence-corrected chi connectivity index (χ4v) is 3.35. The Hall–Kier alpha value is -4.22. The van der Waals surface area contributed by atoms with Crippen molar-refractivity contribution >= 4 is 23.7 Å². The van der Waals surface area contributed by atoms with Crippen molar-refractivity contribution in [1.29, 1.82) is 0 Å². The van der Waals surface area contributed by atoms with Crippen molar-refractivity contribution in [3.63, 3.8) is 0 Å². The highest BCUT2D eigenvalue weighted by Crippen LogP contribution is 2.17. The number of aromatic nitrogens is 1. The maximum atomic E-state index is 12.8. The monoisotopic (exact) mass is 435 g/mol. The zero-order valence-corrected chi connectivity index (χ0v) is 18.1. The van der Waals surface area contributed by atoms with E-state index < -0.39 is 0 Å². The first-order chi connectivity index (χ1) is 16.3. The SMILES string of the molecule is O=C(NOCc1ccccc1C=Cc1ccccc1)c1ccccc1NCc1ccncc1. The number of carbonyl (C=O) groups is 1. The molecule has 0 unspecified atom stereocenters. The Bertz CT molecular complexity index is 1210. The Kier molecular flexibility index (Phi) is 7.61. The number of hydrogen-bond donors (Lipinski definition) is 2. The summed E-state index contributed by atoms with van der Waals surface area (Å²) in [5.74, 6) is -0.301. The summed E-state index contributed by atoms with van der Waals surface area (Å²) < 4.78 is 0. The molecule has 0 saturated heterocycles. The molecule has 1 amide bonds. The summed E-state index contributed by atoms with van der Waals surface area (Å²) in [6, 6.07) is 29.3. The lowest BCUT2D eigenvalue weighted by Gasteiger charge is -2.13. The lowest BCUT2D eigenvalue weighted by Crippen LogP contribution is -2.24. The normalized spacial score (nSPS) is 10.8. The molecule has 164 valence electrons. The molecule has 0 aliphatic carbocycles. The van der Waals surface area contributed by atoms with Crippen LogP contribution in [-0.2, 0) is 18.0 Å². The summed E-state index contributed by atoms with van der Waals surface area (Å²) in [6.07, 6.45) is 7.60. The number of nitrogens with zero attached hydrogens (tertiary/aromatic N) is 1. The number of amides is 1. The lowest BCUT2D eigenvalue weighted by molar-refractivity contribution is 0.0233. The van der Waals surface area contributed by atoms with E-state index in [9.17, 15) is 4.79 Å². The van der Waals surface area contributed by atoms with E-state index in [2.05, 4.69) is 34.0 Å². The molecule has 1 aromatic heterocycles. The number of hydrogen-bond acceptors (Lipinski definition) is 4. The van der Waals surface area contributed by atoms with Crippen LogP contribution < -0.4 is 10.8 Å². The minimum Gasteiger partial charge on any atom is -0.380 e. The van der Waals surface area contributed by atoms with Crippen LogP contribution in [0, 0.1) is 0 Å². The number of carbonyl (C=O) groups excluding carboxylic acids is 1. The van der Waals surface area contributed by atoms with Crippen molar-refractivity contribution in [3.05, 3.63) is 131 Å². The Morgan fingerprint density at radius 2 is 1.55 bits per heavy atom. The van der Waals surface area contributed by atoms with Gasteiger partial charge < -0.3 is 5.32 Å². The first-order valence-corrected chi connectivity index (χ1v) is 10.7. The van der Waals surface area contributed by atoms with Gasteiger partial charge in [-0.3, -0.25) is 14.6 Å². The van der Waals surface area contributed by atoms with Gasteiger partial charge in [0.05, 0.1) is 5.56 Å². The van der Waals surface area contributed by atoms with E-state index in [1.807, 2.05) is 78.9 Å². The fourth-order valence-electron chi connectivity index (χ4n) is 3.35. The van der Waals surface area contributed by atoms with Gasteiger partial charge in [-0.05, 0) is 46.5 Å². The van der Waals surface area contributed by atoms with Gasteiger partial charge in [0.1, 0.15) is 6.61 Å². The maximum Gasteiger partial charge on any atom is 0.276 e. The van der Waals surface area contributed by atoms with Crippen LogP contribution in [0.15, 0.2) is 103 Å². The topological polar surface area (TPSA) is 63.2 Å². The van der Waals surface area contributed by atoms with Gasteiger partial charge in [0.15, 0.2) is 0 Å². The predicted octanol–water partition coefficient (Wildman–Crippen LogP) is 5.73. The molecule has 2 N–H and O–H groups in total. The Morgan fingerprint density at radius 3 is 2.39 bits per heavy atom. The summed E-state index contributed by atoms with van der Waals surface area (Å²) in [6.45, 7) is 0.850. The zero-order valence-electron chi connectivity index (χ0n) is 18.1. The highest BCUT2D eigenvalue weighted by atomic mass is 16.6. The highest BCUT2D eigenvalue weighted by molar-refractivity contribution is 5.99. The van der Waals surface area contributed by atoms with Gasteiger partial charge in [-0.15, -0.1) is 0 Å². The molecule has 3 aromatic carbocycles. The van der Waals surface area contributed by atoms with Crippen molar-refractivity contribution in [3.8, 4) is 0 Å². The van der Waals surface area contributed by atoms with Gasteiger partial charge in [-0.2, -0.15) is 0 Å². The molecular formula is C28H25N3O2. The molecule has 5 nitrogen and oxygen atoms in total. The first kappa shape index (κ1) is 22.0. The average Bonchev–Trinajstić information content (AvgIpc) is 2.88. The van der Waals surface area contributed by atoms with Crippen LogP contribution in [0.5, 0.6) is 0 Å². The van der Waals surface area contributed by atoms with Crippen molar-refractivity contribution in [2.75, 3.05) is 5.32 Å². The number of anilines is 1. The van der Waals surface area contributed by atoms with Gasteiger partial charge in [0.2, 0.25) is 0 Å². The minimum absolute atomic E-state index is 0.258.